The fraction of sp³-hybridized carbons (Fsp3) is 1.00. The van der Waals surface area contributed by atoms with Crippen LogP contribution in [0, 0.1) is 0 Å². The molecule has 22 fully saturated rings. The monoisotopic (exact) mass is 972 g/mol. The molecular formula is C36H60O30. The summed E-state index contributed by atoms with van der Waals surface area (Å²) in [7, 11) is 0. The molecule has 12 bridgehead atoms. The van der Waals surface area contributed by atoms with Crippen molar-refractivity contribution in [2.24, 2.45) is 0 Å². The summed E-state index contributed by atoms with van der Waals surface area (Å²) in [6.07, 6.45) is -58.5. The van der Waals surface area contributed by atoms with Crippen LogP contribution in [0.15, 0.2) is 0 Å². The van der Waals surface area contributed by atoms with E-state index in [-0.39, 0.29) is 0 Å². The van der Waals surface area contributed by atoms with Crippen LogP contribution in [0.1, 0.15) is 0 Å². The first-order valence-electron chi connectivity index (χ1n) is 21.1. The SMILES string of the molecule is OCC1OC2O[C@@H]3C(CO)O[C@@H](O[C@@H]4C(CO)O[C@H](O[C@@H]5C(CO)O[C@@H](O[C@@H]6C(CO)O[C@@H](O[C@@H]7C(CO)O[C@H](O[C@H]1[C@H](O)[C@@H]2O)C(O)[C@H]7O)C(O)[C@H]6O)C(O)[C@H]5O)C(O)[C@H]4O)C(O)[C@H]3O. The second-order valence-electron chi connectivity index (χ2n) is 16.8. The zero-order valence-corrected chi connectivity index (χ0v) is 34.5. The number of hydrogen-bond donors (Lipinski definition) is 18. The van der Waals surface area contributed by atoms with Gasteiger partial charge in [-0.25, -0.2) is 0 Å². The van der Waals surface area contributed by atoms with Crippen molar-refractivity contribution < 1.29 is 149 Å². The van der Waals surface area contributed by atoms with Gasteiger partial charge in [-0.3, -0.25) is 0 Å². The van der Waals surface area contributed by atoms with Crippen molar-refractivity contribution >= 4 is 0 Å². The van der Waals surface area contributed by atoms with Gasteiger partial charge in [-0.15, -0.1) is 0 Å². The van der Waals surface area contributed by atoms with E-state index in [9.17, 15) is 91.9 Å². The molecule has 384 valence electrons. The zero-order chi connectivity index (χ0) is 48.0. The summed E-state index contributed by atoms with van der Waals surface area (Å²) in [6.45, 7) is -5.99. The first kappa shape index (κ1) is 52.6. The van der Waals surface area contributed by atoms with Crippen molar-refractivity contribution in [2.45, 2.75) is 184 Å². The van der Waals surface area contributed by atoms with Crippen LogP contribution in [0.5, 0.6) is 0 Å². The lowest BCUT2D eigenvalue weighted by Crippen LogP contribution is -2.69. The van der Waals surface area contributed by atoms with Gasteiger partial charge in [-0.1, -0.05) is 0 Å². The van der Waals surface area contributed by atoms with E-state index < -0.39 is 224 Å². The fourth-order valence-electron chi connectivity index (χ4n) is 8.93. The van der Waals surface area contributed by atoms with Crippen molar-refractivity contribution in [3.8, 4) is 0 Å². The summed E-state index contributed by atoms with van der Waals surface area (Å²) in [4.78, 5) is 0. The lowest BCUT2D eigenvalue weighted by molar-refractivity contribution is -0.404. The molecule has 22 aliphatic heterocycles. The van der Waals surface area contributed by atoms with Gasteiger partial charge in [0.05, 0.1) is 39.6 Å². The average Bonchev–Trinajstić information content (AvgIpc) is 3.31. The quantitative estimate of drug-likeness (QED) is 0.117. The van der Waals surface area contributed by atoms with Crippen molar-refractivity contribution in [1.82, 2.24) is 0 Å². The highest BCUT2D eigenvalue weighted by atomic mass is 16.8. The Bertz CT molecular complexity index is 1230. The smallest absolute Gasteiger partial charge is 0.187 e. The normalized spacial score (nSPS) is 55.4. The molecule has 12 unspecified atom stereocenters. The number of hydrogen-bond acceptors (Lipinski definition) is 30. The van der Waals surface area contributed by atoms with Crippen LogP contribution in [-0.4, -0.2) is 316 Å². The minimum atomic E-state index is -2.15. The van der Waals surface area contributed by atoms with E-state index in [0.717, 1.165) is 0 Å². The number of aliphatic hydroxyl groups is 18. The van der Waals surface area contributed by atoms with Gasteiger partial charge >= 0.3 is 0 Å². The molecule has 66 heavy (non-hydrogen) atoms. The lowest BCUT2D eigenvalue weighted by Gasteiger charge is -2.50. The lowest BCUT2D eigenvalue weighted by atomic mass is 9.94. The topological polar surface area (TPSA) is 475 Å². The van der Waals surface area contributed by atoms with E-state index >= 15 is 0 Å². The molecule has 18 N–H and O–H groups in total. The molecule has 0 aromatic carbocycles. The van der Waals surface area contributed by atoms with Gasteiger partial charge in [0, 0.05) is 0 Å². The maximum Gasteiger partial charge on any atom is 0.187 e. The standard InChI is InChI=1S/C36H60O30/c37-1-7-25-13(43)19(49)31(55-7)62-26-8(2-38)57-33(21(51)15(26)45)64-28-10(4-40)59-35(23(53)17(28)47)66-30-12(6-42)60-36(24(54)18(30)48)65-29-11(5-41)58-34(22(52)16(29)46)63-27-9(3-39)56-32(61-25)20(50)14(27)44/h7-54H,1-6H2/t7?,8?,9?,10?,11?,12?,13-,14-,15-,16-,17-,18-,19+,20?,21?,22?,23?,24?,25-,26-,27-,28-,29-,30-,31?,32-,33+,34+,35-,36+/m1/s1. The second-order valence-corrected chi connectivity index (χ2v) is 16.8. The van der Waals surface area contributed by atoms with Crippen LogP contribution in [-0.2, 0) is 56.8 Å². The Balaban J connectivity index is 1.19. The Morgan fingerprint density at radius 1 is 0.182 bits per heavy atom. The van der Waals surface area contributed by atoms with E-state index in [1.54, 1.807) is 0 Å². The Labute approximate surface area is 372 Å². The highest BCUT2D eigenvalue weighted by Crippen LogP contribution is 2.38. The minimum Gasteiger partial charge on any atom is -0.394 e. The maximum absolute atomic E-state index is 11.2. The number of rotatable bonds is 6. The molecule has 0 amide bonds. The van der Waals surface area contributed by atoms with E-state index in [1.807, 2.05) is 0 Å². The fourth-order valence-corrected chi connectivity index (χ4v) is 8.93. The van der Waals surface area contributed by atoms with Gasteiger partial charge in [-0.05, 0) is 0 Å². The molecule has 0 aromatic rings. The predicted octanol–water partition coefficient (Wildman–Crippen LogP) is -13.1. The Morgan fingerprint density at radius 3 is 0.409 bits per heavy atom. The Kier molecular flexibility index (Phi) is 17.6. The van der Waals surface area contributed by atoms with Gasteiger partial charge in [0.15, 0.2) is 37.7 Å². The third-order valence-corrected chi connectivity index (χ3v) is 12.7. The maximum atomic E-state index is 11.2. The van der Waals surface area contributed by atoms with E-state index in [2.05, 4.69) is 0 Å². The van der Waals surface area contributed by atoms with E-state index in [1.165, 1.54) is 0 Å². The molecule has 30 atom stereocenters. The summed E-state index contributed by atoms with van der Waals surface area (Å²) in [5.74, 6) is 0. The van der Waals surface area contributed by atoms with Gasteiger partial charge in [-0.2, -0.15) is 0 Å². The van der Waals surface area contributed by atoms with Gasteiger partial charge in [0.2, 0.25) is 0 Å². The minimum absolute atomic E-state index is 0.999. The van der Waals surface area contributed by atoms with Crippen LogP contribution >= 0.6 is 0 Å². The van der Waals surface area contributed by atoms with Crippen molar-refractivity contribution in [1.29, 1.82) is 0 Å². The summed E-state index contributed by atoms with van der Waals surface area (Å²) in [6, 6.07) is 0. The molecule has 0 radical (unpaired) electrons. The summed E-state index contributed by atoms with van der Waals surface area (Å²) >= 11 is 0. The number of ether oxygens (including phenoxy) is 12. The molecule has 0 aromatic heterocycles. The second kappa shape index (κ2) is 22.1. The molecular weight excluding hydrogens is 912 g/mol. The average molecular weight is 973 g/mol. The van der Waals surface area contributed by atoms with Crippen LogP contribution in [0.4, 0.5) is 0 Å². The first-order valence-corrected chi connectivity index (χ1v) is 21.1. The third-order valence-electron chi connectivity index (χ3n) is 12.7. The molecule has 0 aliphatic carbocycles. The van der Waals surface area contributed by atoms with Crippen LogP contribution in [0.25, 0.3) is 0 Å². The van der Waals surface area contributed by atoms with Crippen LogP contribution < -0.4 is 0 Å². The largest absolute Gasteiger partial charge is 0.394 e. The molecule has 0 spiro atoms. The molecule has 22 heterocycles. The summed E-state index contributed by atoms with van der Waals surface area (Å²) in [5, 5.41) is 196. The molecule has 22 saturated heterocycles. The number of aliphatic hydroxyl groups excluding tert-OH is 18. The summed E-state index contributed by atoms with van der Waals surface area (Å²) in [5.41, 5.74) is 0. The Morgan fingerprint density at radius 2 is 0.303 bits per heavy atom. The molecule has 0 saturated carbocycles. The third kappa shape index (κ3) is 10.0. The van der Waals surface area contributed by atoms with Gasteiger partial charge in [0.1, 0.15) is 146 Å². The molecule has 22 rings (SSSR count). The molecule has 22 aliphatic rings. The van der Waals surface area contributed by atoms with E-state index in [4.69, 9.17) is 56.8 Å². The van der Waals surface area contributed by atoms with Crippen LogP contribution in [0.2, 0.25) is 0 Å². The van der Waals surface area contributed by atoms with Crippen LogP contribution in [0.3, 0.4) is 0 Å². The zero-order valence-electron chi connectivity index (χ0n) is 34.5. The van der Waals surface area contributed by atoms with Crippen molar-refractivity contribution in [3.63, 3.8) is 0 Å². The Hall–Kier alpha value is -1.20. The first-order chi connectivity index (χ1) is 31.4. The van der Waals surface area contributed by atoms with Crippen molar-refractivity contribution in [3.05, 3.63) is 0 Å². The molecule has 30 nitrogen and oxygen atoms in total. The highest BCUT2D eigenvalue weighted by Gasteiger charge is 2.58. The van der Waals surface area contributed by atoms with Gasteiger partial charge < -0.3 is 149 Å². The highest BCUT2D eigenvalue weighted by molar-refractivity contribution is 5.01. The van der Waals surface area contributed by atoms with Gasteiger partial charge in [0.25, 0.3) is 0 Å². The van der Waals surface area contributed by atoms with E-state index in [0.29, 0.717) is 0 Å². The van der Waals surface area contributed by atoms with Crippen molar-refractivity contribution in [2.75, 3.05) is 39.6 Å². The predicted molar refractivity (Wildman–Crippen MR) is 196 cm³/mol. The molecule has 30 heteroatoms. The summed E-state index contributed by atoms with van der Waals surface area (Å²) < 4.78 is 67.9.